The highest BCUT2D eigenvalue weighted by molar-refractivity contribution is 6.31. The lowest BCUT2D eigenvalue weighted by Gasteiger charge is -2.16. The minimum absolute atomic E-state index is 0.0551. The van der Waals surface area contributed by atoms with Crippen LogP contribution in [0.1, 0.15) is 41.7 Å². The summed E-state index contributed by atoms with van der Waals surface area (Å²) in [4.78, 5) is 24.1. The summed E-state index contributed by atoms with van der Waals surface area (Å²) in [6.45, 7) is 1.89. The standard InChI is InChI=1S/C19H19ClN2O2/c1-12(16-4-2-3-5-17(16)20)21-18(23)14-8-10-15(11-9-14)22-19(24)13-6-7-13/h2-5,8-13H,6-7H2,1H3,(H,21,23)(H,22,24). The summed E-state index contributed by atoms with van der Waals surface area (Å²) in [7, 11) is 0. The molecule has 2 aromatic carbocycles. The van der Waals surface area contributed by atoms with Crippen molar-refractivity contribution in [3.05, 3.63) is 64.7 Å². The molecule has 1 aliphatic rings. The second-order valence-corrected chi connectivity index (χ2v) is 6.46. The molecule has 124 valence electrons. The van der Waals surface area contributed by atoms with Crippen molar-refractivity contribution in [2.45, 2.75) is 25.8 Å². The molecule has 0 bridgehead atoms. The van der Waals surface area contributed by atoms with Crippen molar-refractivity contribution in [2.75, 3.05) is 5.32 Å². The first-order chi connectivity index (χ1) is 11.5. The quantitative estimate of drug-likeness (QED) is 0.856. The van der Waals surface area contributed by atoms with Crippen molar-refractivity contribution in [3.8, 4) is 0 Å². The maximum Gasteiger partial charge on any atom is 0.251 e. The highest BCUT2D eigenvalue weighted by Crippen LogP contribution is 2.30. The second kappa shape index (κ2) is 7.05. The van der Waals surface area contributed by atoms with Crippen LogP contribution in [-0.2, 0) is 4.79 Å². The van der Waals surface area contributed by atoms with Gasteiger partial charge in [0.25, 0.3) is 5.91 Å². The van der Waals surface area contributed by atoms with E-state index in [1.165, 1.54) is 0 Å². The Morgan fingerprint density at radius 3 is 2.38 bits per heavy atom. The first-order valence-electron chi connectivity index (χ1n) is 8.01. The van der Waals surface area contributed by atoms with Gasteiger partial charge in [-0.25, -0.2) is 0 Å². The number of hydrogen-bond donors (Lipinski definition) is 2. The van der Waals surface area contributed by atoms with E-state index >= 15 is 0 Å². The van der Waals surface area contributed by atoms with Crippen LogP contribution in [0.15, 0.2) is 48.5 Å². The number of benzene rings is 2. The number of carbonyl (C=O) groups is 2. The third kappa shape index (κ3) is 3.95. The zero-order valence-electron chi connectivity index (χ0n) is 13.4. The molecule has 5 heteroatoms. The van der Waals surface area contributed by atoms with Crippen molar-refractivity contribution in [1.82, 2.24) is 5.32 Å². The van der Waals surface area contributed by atoms with E-state index in [2.05, 4.69) is 10.6 Å². The number of rotatable bonds is 5. The van der Waals surface area contributed by atoms with E-state index in [4.69, 9.17) is 11.6 Å². The fourth-order valence-electron chi connectivity index (χ4n) is 2.48. The molecule has 1 fully saturated rings. The van der Waals surface area contributed by atoms with E-state index in [9.17, 15) is 9.59 Å². The van der Waals surface area contributed by atoms with Gasteiger partial charge in [-0.1, -0.05) is 29.8 Å². The van der Waals surface area contributed by atoms with Gasteiger partial charge >= 0.3 is 0 Å². The Morgan fingerprint density at radius 1 is 1.08 bits per heavy atom. The molecule has 0 aromatic heterocycles. The van der Waals surface area contributed by atoms with Gasteiger partial charge in [-0.3, -0.25) is 9.59 Å². The summed E-state index contributed by atoms with van der Waals surface area (Å²) in [5.74, 6) is 0.0338. The lowest BCUT2D eigenvalue weighted by molar-refractivity contribution is -0.117. The van der Waals surface area contributed by atoms with Crippen LogP contribution in [-0.4, -0.2) is 11.8 Å². The van der Waals surface area contributed by atoms with Crippen LogP contribution in [0.2, 0.25) is 5.02 Å². The van der Waals surface area contributed by atoms with E-state index in [0.717, 1.165) is 18.4 Å². The van der Waals surface area contributed by atoms with Crippen LogP contribution in [0, 0.1) is 5.92 Å². The van der Waals surface area contributed by atoms with Crippen LogP contribution in [0.25, 0.3) is 0 Å². The minimum atomic E-state index is -0.194. The molecular formula is C19H19ClN2O2. The Bertz CT molecular complexity index is 754. The van der Waals surface area contributed by atoms with Gasteiger partial charge in [0.15, 0.2) is 0 Å². The van der Waals surface area contributed by atoms with Gasteiger partial charge in [-0.2, -0.15) is 0 Å². The predicted molar refractivity (Wildman–Crippen MR) is 95.1 cm³/mol. The van der Waals surface area contributed by atoms with Gasteiger partial charge in [0, 0.05) is 22.2 Å². The second-order valence-electron chi connectivity index (χ2n) is 6.06. The fourth-order valence-corrected chi connectivity index (χ4v) is 2.78. The van der Waals surface area contributed by atoms with Gasteiger partial charge in [0.1, 0.15) is 0 Å². The Kier molecular flexibility index (Phi) is 4.86. The van der Waals surface area contributed by atoms with E-state index in [1.807, 2.05) is 25.1 Å². The molecule has 24 heavy (non-hydrogen) atoms. The lowest BCUT2D eigenvalue weighted by atomic mass is 10.1. The van der Waals surface area contributed by atoms with Crippen molar-refractivity contribution in [3.63, 3.8) is 0 Å². The molecule has 3 rings (SSSR count). The average molecular weight is 343 g/mol. The highest BCUT2D eigenvalue weighted by Gasteiger charge is 2.29. The minimum Gasteiger partial charge on any atom is -0.345 e. The van der Waals surface area contributed by atoms with Gasteiger partial charge in [0.2, 0.25) is 5.91 Å². The maximum atomic E-state index is 12.3. The molecule has 0 saturated heterocycles. The number of carbonyl (C=O) groups excluding carboxylic acids is 2. The topological polar surface area (TPSA) is 58.2 Å². The van der Waals surface area contributed by atoms with Gasteiger partial charge in [0.05, 0.1) is 6.04 Å². The Hall–Kier alpha value is -2.33. The van der Waals surface area contributed by atoms with Gasteiger partial charge < -0.3 is 10.6 Å². The van der Waals surface area contributed by atoms with E-state index in [1.54, 1.807) is 30.3 Å². The molecule has 1 saturated carbocycles. The van der Waals surface area contributed by atoms with Crippen molar-refractivity contribution in [1.29, 1.82) is 0 Å². The van der Waals surface area contributed by atoms with Crippen molar-refractivity contribution >= 4 is 29.1 Å². The Labute approximate surface area is 146 Å². The maximum absolute atomic E-state index is 12.3. The van der Waals surface area contributed by atoms with Crippen LogP contribution >= 0.6 is 11.6 Å². The third-order valence-corrected chi connectivity index (χ3v) is 4.43. The normalized spacial score (nSPS) is 14.8. The van der Waals surface area contributed by atoms with Crippen LogP contribution < -0.4 is 10.6 Å². The largest absolute Gasteiger partial charge is 0.345 e. The summed E-state index contributed by atoms with van der Waals surface area (Å²) in [6, 6.07) is 14.1. The zero-order valence-corrected chi connectivity index (χ0v) is 14.1. The molecule has 0 aliphatic heterocycles. The molecule has 1 aliphatic carbocycles. The van der Waals surface area contributed by atoms with Crippen molar-refractivity contribution < 1.29 is 9.59 Å². The first kappa shape index (κ1) is 16.5. The zero-order chi connectivity index (χ0) is 17.1. The summed E-state index contributed by atoms with van der Waals surface area (Å²) >= 11 is 6.16. The molecule has 0 spiro atoms. The summed E-state index contributed by atoms with van der Waals surface area (Å²) in [5.41, 5.74) is 2.13. The average Bonchev–Trinajstić information content (AvgIpc) is 3.40. The third-order valence-electron chi connectivity index (χ3n) is 4.08. The number of nitrogens with one attached hydrogen (secondary N) is 2. The van der Waals surface area contributed by atoms with Crippen LogP contribution in [0.4, 0.5) is 5.69 Å². The van der Waals surface area contributed by atoms with E-state index < -0.39 is 0 Å². The Morgan fingerprint density at radius 2 is 1.75 bits per heavy atom. The highest BCUT2D eigenvalue weighted by atomic mass is 35.5. The number of amides is 2. The van der Waals surface area contributed by atoms with Crippen LogP contribution in [0.5, 0.6) is 0 Å². The SMILES string of the molecule is CC(NC(=O)c1ccc(NC(=O)C2CC2)cc1)c1ccccc1Cl. The van der Waals surface area contributed by atoms with Gasteiger partial charge in [-0.15, -0.1) is 0 Å². The molecule has 1 unspecified atom stereocenters. The van der Waals surface area contributed by atoms with Gasteiger partial charge in [-0.05, 0) is 55.7 Å². The molecule has 1 atom stereocenters. The molecular weight excluding hydrogens is 324 g/mol. The predicted octanol–water partition coefficient (Wildman–Crippen LogP) is 4.18. The first-order valence-corrected chi connectivity index (χ1v) is 8.38. The molecule has 4 nitrogen and oxygen atoms in total. The number of halogens is 1. The fraction of sp³-hybridized carbons (Fsp3) is 0.263. The molecule has 2 N–H and O–H groups in total. The smallest absolute Gasteiger partial charge is 0.251 e. The summed E-state index contributed by atoms with van der Waals surface area (Å²) in [6.07, 6.45) is 1.93. The summed E-state index contributed by atoms with van der Waals surface area (Å²) < 4.78 is 0. The Balaban J connectivity index is 1.62. The van der Waals surface area contributed by atoms with Crippen molar-refractivity contribution in [2.24, 2.45) is 5.92 Å². The lowest BCUT2D eigenvalue weighted by Crippen LogP contribution is -2.26. The summed E-state index contributed by atoms with van der Waals surface area (Å²) in [5, 5.41) is 6.42. The van der Waals surface area contributed by atoms with E-state index in [-0.39, 0.29) is 23.8 Å². The number of hydrogen-bond acceptors (Lipinski definition) is 2. The molecule has 2 amide bonds. The molecule has 2 aromatic rings. The molecule has 0 radical (unpaired) electrons. The van der Waals surface area contributed by atoms with Crippen LogP contribution in [0.3, 0.4) is 0 Å². The molecule has 0 heterocycles. The van der Waals surface area contributed by atoms with E-state index in [0.29, 0.717) is 16.3 Å². The number of anilines is 1. The monoisotopic (exact) mass is 342 g/mol.